The molecule has 3 aromatic rings. The van der Waals surface area contributed by atoms with E-state index in [1.54, 1.807) is 12.1 Å². The number of hydrogen-bond donors (Lipinski definition) is 1. The maximum atomic E-state index is 13.1. The van der Waals surface area contributed by atoms with Crippen LogP contribution in [0.15, 0.2) is 89.8 Å². The molecule has 0 aromatic heterocycles. The molecule has 4 atom stereocenters. The summed E-state index contributed by atoms with van der Waals surface area (Å²) in [7, 11) is -4.42. The van der Waals surface area contributed by atoms with Crippen LogP contribution in [0.4, 0.5) is 0 Å². The Kier molecular flexibility index (Phi) is 8.91. The van der Waals surface area contributed by atoms with Crippen molar-refractivity contribution in [2.24, 2.45) is 0 Å². The highest BCUT2D eigenvalue weighted by Crippen LogP contribution is 2.38. The van der Waals surface area contributed by atoms with Gasteiger partial charge in [-0.2, -0.15) is 5.26 Å². The third-order valence-electron chi connectivity index (χ3n) is 7.04. The Morgan fingerprint density at radius 3 is 2.00 bits per heavy atom. The molecule has 3 aromatic carbocycles. The lowest BCUT2D eigenvalue weighted by Gasteiger charge is -2.43. The fourth-order valence-corrected chi connectivity index (χ4v) is 10.8. The van der Waals surface area contributed by atoms with E-state index in [9.17, 15) is 9.47 Å². The second-order valence-corrected chi connectivity index (χ2v) is 17.0. The van der Waals surface area contributed by atoms with Crippen LogP contribution in [0.2, 0.25) is 5.04 Å². The van der Waals surface area contributed by atoms with Crippen molar-refractivity contribution in [2.75, 3.05) is 6.61 Å². The molecule has 1 fully saturated rings. The van der Waals surface area contributed by atoms with Gasteiger partial charge in [0.15, 0.2) is 5.79 Å². The van der Waals surface area contributed by atoms with Crippen LogP contribution in [0.5, 0.6) is 0 Å². The summed E-state index contributed by atoms with van der Waals surface area (Å²) in [5.74, 6) is -0.924. The van der Waals surface area contributed by atoms with Crippen LogP contribution in [0.1, 0.15) is 40.2 Å². The van der Waals surface area contributed by atoms with Crippen LogP contribution in [-0.2, 0) is 24.9 Å². The van der Waals surface area contributed by atoms with E-state index >= 15 is 0 Å². The molecule has 6 nitrogen and oxygen atoms in total. The first-order chi connectivity index (χ1) is 18.5. The number of rotatable bonds is 9. The van der Waals surface area contributed by atoms with Crippen LogP contribution < -0.4 is 15.1 Å². The van der Waals surface area contributed by atoms with E-state index in [0.29, 0.717) is 4.90 Å². The highest BCUT2D eigenvalue weighted by Gasteiger charge is 2.53. The van der Waals surface area contributed by atoms with Crippen molar-refractivity contribution in [1.82, 2.24) is 4.72 Å². The summed E-state index contributed by atoms with van der Waals surface area (Å²) in [6, 6.07) is 29.6. The molecule has 39 heavy (non-hydrogen) atoms. The summed E-state index contributed by atoms with van der Waals surface area (Å²) < 4.78 is 35.7. The van der Waals surface area contributed by atoms with Gasteiger partial charge >= 0.3 is 0 Å². The second-order valence-electron chi connectivity index (χ2n) is 11.4. The molecule has 4 rings (SSSR count). The van der Waals surface area contributed by atoms with Crippen molar-refractivity contribution in [3.05, 3.63) is 90.5 Å². The number of nitrogens with one attached hydrogen (secondary N) is 1. The Morgan fingerprint density at radius 2 is 1.51 bits per heavy atom. The van der Waals surface area contributed by atoms with E-state index in [2.05, 4.69) is 55.8 Å². The lowest BCUT2D eigenvalue weighted by molar-refractivity contribution is -0.149. The van der Waals surface area contributed by atoms with Gasteiger partial charge < -0.3 is 13.9 Å². The van der Waals surface area contributed by atoms with Gasteiger partial charge in [0.2, 0.25) is 0 Å². The minimum absolute atomic E-state index is 0.208. The zero-order valence-electron chi connectivity index (χ0n) is 23.5. The largest absolute Gasteiger partial charge is 0.405 e. The molecule has 8 heteroatoms. The summed E-state index contributed by atoms with van der Waals surface area (Å²) in [6.07, 6.45) is -1.23. The van der Waals surface area contributed by atoms with Crippen molar-refractivity contribution in [1.29, 1.82) is 5.26 Å². The van der Waals surface area contributed by atoms with E-state index in [1.165, 1.54) is 0 Å². The average Bonchev–Trinajstić information content (AvgIpc) is 3.22. The molecule has 0 bridgehead atoms. The molecule has 1 aliphatic rings. The van der Waals surface area contributed by atoms with Crippen LogP contribution >= 0.6 is 0 Å². The molecule has 206 valence electrons. The number of ether oxygens (including phenoxy) is 2. The lowest BCUT2D eigenvalue weighted by atomic mass is 10.1. The smallest absolute Gasteiger partial charge is 0.261 e. The van der Waals surface area contributed by atoms with Gasteiger partial charge in [0.05, 0.1) is 17.6 Å². The van der Waals surface area contributed by atoms with E-state index in [4.69, 9.17) is 13.9 Å². The fourth-order valence-electron chi connectivity index (χ4n) is 5.26. The summed E-state index contributed by atoms with van der Waals surface area (Å²) in [4.78, 5) is 0.596. The van der Waals surface area contributed by atoms with Gasteiger partial charge in [-0.15, -0.1) is 0 Å². The van der Waals surface area contributed by atoms with Gasteiger partial charge in [-0.25, -0.2) is 8.93 Å². The number of hydrogen-bond acceptors (Lipinski definition) is 5. The normalized spacial score (nSPS) is 20.7. The third-order valence-corrected chi connectivity index (χ3v) is 13.2. The molecule has 0 saturated carbocycles. The van der Waals surface area contributed by atoms with E-state index < -0.39 is 43.3 Å². The van der Waals surface area contributed by atoms with Crippen LogP contribution in [0.25, 0.3) is 0 Å². The maximum absolute atomic E-state index is 13.1. The Morgan fingerprint density at radius 1 is 0.974 bits per heavy atom. The number of aryl methyl sites for hydroxylation is 1. The maximum Gasteiger partial charge on any atom is 0.261 e. The average molecular weight is 563 g/mol. The van der Waals surface area contributed by atoms with Crippen LogP contribution in [0, 0.1) is 18.3 Å². The number of nitriles is 1. The highest BCUT2D eigenvalue weighted by atomic mass is 32.2. The molecular formula is C31H38N2O4SSi. The lowest BCUT2D eigenvalue weighted by Crippen LogP contribution is -2.67. The number of nitrogens with zero attached hydrogens (tertiary/aromatic N) is 1. The molecular weight excluding hydrogens is 525 g/mol. The predicted molar refractivity (Wildman–Crippen MR) is 158 cm³/mol. The van der Waals surface area contributed by atoms with Crippen LogP contribution in [0.3, 0.4) is 0 Å². The summed E-state index contributed by atoms with van der Waals surface area (Å²) in [6.45, 7) is 12.5. The number of benzene rings is 3. The van der Waals surface area contributed by atoms with Crippen molar-refractivity contribution in [2.45, 2.75) is 75.5 Å². The molecule has 1 aliphatic heterocycles. The Balaban J connectivity index is 1.65. The Labute approximate surface area is 236 Å². The van der Waals surface area contributed by atoms with Crippen molar-refractivity contribution in [3.63, 3.8) is 0 Å². The Bertz CT molecular complexity index is 1260. The molecule has 0 amide bonds. The van der Waals surface area contributed by atoms with E-state index in [-0.39, 0.29) is 11.6 Å². The van der Waals surface area contributed by atoms with E-state index in [0.717, 1.165) is 15.9 Å². The predicted octanol–water partition coefficient (Wildman–Crippen LogP) is 4.60. The summed E-state index contributed by atoms with van der Waals surface area (Å²) in [5, 5.41) is 12.2. The zero-order chi connectivity index (χ0) is 28.3. The first-order valence-corrected chi connectivity index (χ1v) is 16.3. The van der Waals surface area contributed by atoms with Gasteiger partial charge in [-0.3, -0.25) is 0 Å². The van der Waals surface area contributed by atoms with Gasteiger partial charge in [0.1, 0.15) is 29.2 Å². The fraction of sp³-hybridized carbons (Fsp3) is 0.387. The standard InChI is InChI=1S/C31H38N2O4SSi/c1-23-17-19-24(20-18-23)38(34)33-27(21-32)29-28(36-31(5,6)37-29)22-35-39(30(2,3)4,25-13-9-7-10-14-25)26-15-11-8-12-16-26/h7-20,27-29,33H,22H2,1-6H3/t27-,28-,29-,38+/m0/s1. The Hall–Kier alpha value is -2.64. The first kappa shape index (κ1) is 29.3. The minimum Gasteiger partial charge on any atom is -0.405 e. The van der Waals surface area contributed by atoms with Gasteiger partial charge in [0, 0.05) is 0 Å². The van der Waals surface area contributed by atoms with Crippen LogP contribution in [-0.4, -0.2) is 43.2 Å². The van der Waals surface area contributed by atoms with Crippen molar-refractivity contribution < 1.29 is 18.1 Å². The summed E-state index contributed by atoms with van der Waals surface area (Å²) in [5.41, 5.74) is 1.07. The molecule has 0 aliphatic carbocycles. The second kappa shape index (κ2) is 11.8. The first-order valence-electron chi connectivity index (χ1n) is 13.2. The molecule has 0 unspecified atom stereocenters. The van der Waals surface area contributed by atoms with Gasteiger partial charge in [0.25, 0.3) is 8.32 Å². The molecule has 0 spiro atoms. The highest BCUT2D eigenvalue weighted by molar-refractivity contribution is 7.83. The topological polar surface area (TPSA) is 80.6 Å². The third kappa shape index (κ3) is 6.41. The quantitative estimate of drug-likeness (QED) is 0.386. The van der Waals surface area contributed by atoms with Crippen molar-refractivity contribution >= 4 is 29.7 Å². The molecule has 1 N–H and O–H groups in total. The minimum atomic E-state index is -2.83. The molecule has 1 saturated heterocycles. The van der Waals surface area contributed by atoms with Gasteiger partial charge in [-0.1, -0.05) is 99.1 Å². The molecule has 1 heterocycles. The summed E-state index contributed by atoms with van der Waals surface area (Å²) >= 11 is 0. The monoisotopic (exact) mass is 562 g/mol. The van der Waals surface area contributed by atoms with Crippen molar-refractivity contribution in [3.8, 4) is 6.07 Å². The van der Waals surface area contributed by atoms with Gasteiger partial charge in [-0.05, 0) is 48.3 Å². The zero-order valence-corrected chi connectivity index (χ0v) is 25.3. The van der Waals surface area contributed by atoms with E-state index in [1.807, 2.05) is 69.3 Å². The SMILES string of the molecule is Cc1ccc([S@@](=O)N[C@@H](C#N)[C@@H]2OC(C)(C)O[C@H]2CO[Si](c2ccccc2)(c2ccccc2)C(C)(C)C)cc1. The molecule has 0 radical (unpaired) electrons.